The summed E-state index contributed by atoms with van der Waals surface area (Å²) >= 11 is 0. The molecule has 8 rings (SSSR count). The molecule has 15 nitrogen and oxygen atoms in total. The zero-order valence-corrected chi connectivity index (χ0v) is 30.9. The number of carbonyl (C=O) groups excluding carboxylic acids is 1. The lowest BCUT2D eigenvalue weighted by Crippen LogP contribution is -2.37. The normalized spacial score (nSPS) is 14.2. The highest BCUT2D eigenvalue weighted by Gasteiger charge is 2.28. The van der Waals surface area contributed by atoms with Gasteiger partial charge in [0.25, 0.3) is 0 Å². The molecule has 2 amide bonds. The summed E-state index contributed by atoms with van der Waals surface area (Å²) in [6.45, 7) is 3.24. The molecule has 324 valence electrons. The molecule has 6 aromatic rings. The molecule has 4 aromatic heterocycles. The smallest absolute Gasteiger partial charge is 0.399 e. The minimum Gasteiger partial charge on any atom is -0.399 e. The van der Waals surface area contributed by atoms with Gasteiger partial charge >= 0.3 is 18.4 Å². The van der Waals surface area contributed by atoms with Crippen molar-refractivity contribution >= 4 is 40.1 Å². The number of halogens is 6. The lowest BCUT2D eigenvalue weighted by Gasteiger charge is -2.28. The van der Waals surface area contributed by atoms with Crippen molar-refractivity contribution < 1.29 is 40.6 Å². The molecule has 60 heavy (non-hydrogen) atoms. The number of benzene rings is 2. The number of nitrogens with two attached hydrogens (primary N) is 2. The number of hydrogen-bond donors (Lipinski definition) is 4. The maximum atomic E-state index is 12.2. The van der Waals surface area contributed by atoms with Crippen molar-refractivity contribution in [3.05, 3.63) is 85.2 Å². The molecule has 2 aliphatic heterocycles. The van der Waals surface area contributed by atoms with Crippen LogP contribution in [0.4, 0.5) is 54.1 Å². The Morgan fingerprint density at radius 1 is 0.667 bits per heavy atom. The Labute approximate surface area is 342 Å². The average Bonchev–Trinajstić information content (AvgIpc) is 3.91. The van der Waals surface area contributed by atoms with Gasteiger partial charge in [-0.05, 0) is 72.8 Å². The highest BCUT2D eigenvalue weighted by atomic mass is 19.4. The third-order valence-electron chi connectivity index (χ3n) is 8.62. The van der Waals surface area contributed by atoms with Gasteiger partial charge in [0.15, 0.2) is 23.3 Å². The van der Waals surface area contributed by atoms with Crippen LogP contribution in [0.1, 0.15) is 14.9 Å². The molecule has 6 heterocycles. The molecule has 6 N–H and O–H groups in total. The van der Waals surface area contributed by atoms with E-state index in [9.17, 15) is 31.1 Å². The number of aromatic nitrogens is 6. The maximum absolute atomic E-state index is 12.2. The number of urea groups is 1. The number of ether oxygens (including phenoxy) is 2. The SMILES string of the molecule is C.C.NCC(F)(F)F.Nc1ccc(-c2nc(N3CCOCC3)c3cccn3n2)cc1.O=C(NCC(F)(F)F)Nc1ccc(-c2nc(N3CCOCC3)c3cccn3n2)cc1. The van der Waals surface area contributed by atoms with Crippen LogP contribution in [0.2, 0.25) is 0 Å². The van der Waals surface area contributed by atoms with Crippen molar-refractivity contribution in [3.63, 3.8) is 0 Å². The molecular formula is C39H48F6N12O3. The quantitative estimate of drug-likeness (QED) is 0.106. The number of nitrogens with zero attached hydrogens (tertiary/aromatic N) is 8. The molecule has 0 unspecified atom stereocenters. The summed E-state index contributed by atoms with van der Waals surface area (Å²) in [6.07, 6.45) is -4.86. The monoisotopic (exact) mass is 846 g/mol. The first kappa shape index (κ1) is 46.5. The third-order valence-corrected chi connectivity index (χ3v) is 8.62. The van der Waals surface area contributed by atoms with Gasteiger partial charge in [-0.3, -0.25) is 0 Å². The number of morpholine rings is 2. The summed E-state index contributed by atoms with van der Waals surface area (Å²) in [6, 6.07) is 21.1. The van der Waals surface area contributed by atoms with Crippen LogP contribution >= 0.6 is 0 Å². The molecule has 2 aromatic carbocycles. The highest BCUT2D eigenvalue weighted by Crippen LogP contribution is 2.27. The predicted octanol–water partition coefficient (Wildman–Crippen LogP) is 6.51. The van der Waals surface area contributed by atoms with Crippen LogP contribution in [0, 0.1) is 0 Å². The van der Waals surface area contributed by atoms with E-state index in [1.807, 2.05) is 65.4 Å². The van der Waals surface area contributed by atoms with Crippen LogP contribution in [0.5, 0.6) is 0 Å². The van der Waals surface area contributed by atoms with Gasteiger partial charge in [0, 0.05) is 61.1 Å². The average molecular weight is 847 g/mol. The Kier molecular flexibility index (Phi) is 16.0. The van der Waals surface area contributed by atoms with E-state index in [0.29, 0.717) is 36.1 Å². The van der Waals surface area contributed by atoms with E-state index in [4.69, 9.17) is 25.2 Å². The van der Waals surface area contributed by atoms with Crippen LogP contribution in [0.15, 0.2) is 85.2 Å². The van der Waals surface area contributed by atoms with E-state index in [0.717, 1.165) is 73.3 Å². The van der Waals surface area contributed by atoms with Gasteiger partial charge < -0.3 is 41.4 Å². The van der Waals surface area contributed by atoms with E-state index < -0.39 is 31.5 Å². The van der Waals surface area contributed by atoms with E-state index in [2.05, 4.69) is 31.0 Å². The van der Waals surface area contributed by atoms with E-state index in [1.165, 1.54) is 0 Å². The first-order chi connectivity index (χ1) is 27.8. The molecule has 0 radical (unpaired) electrons. The second-order valence-corrected chi connectivity index (χ2v) is 12.8. The van der Waals surface area contributed by atoms with Gasteiger partial charge in [-0.15, -0.1) is 10.2 Å². The van der Waals surface area contributed by atoms with Gasteiger partial charge in [-0.1, -0.05) is 14.9 Å². The van der Waals surface area contributed by atoms with E-state index >= 15 is 0 Å². The molecule has 2 aliphatic rings. The fourth-order valence-electron chi connectivity index (χ4n) is 5.79. The number of rotatable bonds is 6. The number of anilines is 4. The Morgan fingerprint density at radius 3 is 1.48 bits per heavy atom. The van der Waals surface area contributed by atoms with Gasteiger partial charge in [0.2, 0.25) is 0 Å². The number of fused-ring (bicyclic) bond motifs is 2. The highest BCUT2D eigenvalue weighted by molar-refractivity contribution is 5.89. The fourth-order valence-corrected chi connectivity index (χ4v) is 5.79. The second-order valence-electron chi connectivity index (χ2n) is 12.8. The number of nitrogen functional groups attached to an aromatic ring is 1. The maximum Gasteiger partial charge on any atom is 0.405 e. The van der Waals surface area contributed by atoms with Crippen LogP contribution in [0.3, 0.4) is 0 Å². The fraction of sp³-hybridized carbons (Fsp3) is 0.359. The van der Waals surface area contributed by atoms with Crippen molar-refractivity contribution in [1.82, 2.24) is 34.5 Å². The summed E-state index contributed by atoms with van der Waals surface area (Å²) in [5, 5.41) is 13.3. The summed E-state index contributed by atoms with van der Waals surface area (Å²) in [7, 11) is 0. The minimum atomic E-state index is -4.46. The predicted molar refractivity (Wildman–Crippen MR) is 219 cm³/mol. The standard InChI is InChI=1S/C19H19F3N6O2.C16H17N5O.C2H4F3N.2CH4/c20-19(21,22)12-23-18(29)24-14-5-3-13(4-6-14)16-25-17(27-8-10-30-11-9-27)15-2-1-7-28(15)26-16;17-13-5-3-12(4-6-13)15-18-16(20-8-10-22-11-9-20)14-2-1-7-21(14)19-15;3-2(4,5)1-6;;/h1-7H,8-12H2,(H2,23,24,29);1-7H,8-11,17H2;1,6H2;2*1H4. The number of alkyl halides is 6. The van der Waals surface area contributed by atoms with E-state index in [1.54, 1.807) is 34.1 Å². The summed E-state index contributed by atoms with van der Waals surface area (Å²) in [4.78, 5) is 25.5. The van der Waals surface area contributed by atoms with Gasteiger partial charge in [-0.2, -0.15) is 26.3 Å². The van der Waals surface area contributed by atoms with Crippen molar-refractivity contribution in [2.45, 2.75) is 27.2 Å². The van der Waals surface area contributed by atoms with Crippen LogP contribution in [-0.2, 0) is 9.47 Å². The van der Waals surface area contributed by atoms with Crippen molar-refractivity contribution in [2.75, 3.05) is 86.5 Å². The van der Waals surface area contributed by atoms with Crippen molar-refractivity contribution in [3.8, 4) is 22.8 Å². The molecule has 0 saturated carbocycles. The van der Waals surface area contributed by atoms with Gasteiger partial charge in [0.05, 0.1) is 33.0 Å². The molecular weight excluding hydrogens is 798 g/mol. The molecule has 0 atom stereocenters. The Morgan fingerprint density at radius 2 is 1.08 bits per heavy atom. The van der Waals surface area contributed by atoms with E-state index in [-0.39, 0.29) is 14.9 Å². The minimum absolute atomic E-state index is 0. The topological polar surface area (TPSA) is 178 Å². The molecule has 0 bridgehead atoms. The zero-order chi connectivity index (χ0) is 41.3. The zero-order valence-electron chi connectivity index (χ0n) is 30.9. The third kappa shape index (κ3) is 12.7. The first-order valence-corrected chi connectivity index (χ1v) is 18.0. The Bertz CT molecular complexity index is 2250. The Hall–Kier alpha value is -6.19. The second kappa shape index (κ2) is 20.7. The molecule has 2 saturated heterocycles. The number of carbonyl (C=O) groups is 1. The largest absolute Gasteiger partial charge is 0.405 e. The lowest BCUT2D eigenvalue weighted by molar-refractivity contribution is -0.122. The lowest BCUT2D eigenvalue weighted by atomic mass is 10.2. The van der Waals surface area contributed by atoms with Crippen LogP contribution in [0.25, 0.3) is 33.8 Å². The van der Waals surface area contributed by atoms with Crippen LogP contribution < -0.4 is 31.9 Å². The Balaban J connectivity index is 0.000000233. The van der Waals surface area contributed by atoms with Crippen molar-refractivity contribution in [1.29, 1.82) is 0 Å². The van der Waals surface area contributed by atoms with Crippen LogP contribution in [-0.4, -0.2) is 113 Å². The number of nitrogens with one attached hydrogen (secondary N) is 2. The summed E-state index contributed by atoms with van der Waals surface area (Å²) < 4.78 is 83.0. The first-order valence-electron chi connectivity index (χ1n) is 18.0. The molecule has 0 aliphatic carbocycles. The van der Waals surface area contributed by atoms with Gasteiger partial charge in [0.1, 0.15) is 17.6 Å². The molecule has 0 spiro atoms. The summed E-state index contributed by atoms with van der Waals surface area (Å²) in [5.41, 5.74) is 14.6. The van der Waals surface area contributed by atoms with Crippen molar-refractivity contribution in [2.24, 2.45) is 5.73 Å². The number of hydrogen-bond acceptors (Lipinski definition) is 11. The molecule has 2 fully saturated rings. The number of amides is 2. The summed E-state index contributed by atoms with van der Waals surface area (Å²) in [5.74, 6) is 2.95. The molecule has 21 heteroatoms. The van der Waals surface area contributed by atoms with Gasteiger partial charge in [-0.25, -0.2) is 23.8 Å².